The minimum absolute atomic E-state index is 0.0580. The highest BCUT2D eigenvalue weighted by molar-refractivity contribution is 6.05. The maximum atomic E-state index is 12.4. The van der Waals surface area contributed by atoms with Crippen molar-refractivity contribution in [3.8, 4) is 0 Å². The Morgan fingerprint density at radius 3 is 2.85 bits per heavy atom. The molecule has 1 saturated carbocycles. The first-order valence-corrected chi connectivity index (χ1v) is 7.16. The van der Waals surface area contributed by atoms with Gasteiger partial charge in [0.25, 0.3) is 5.91 Å². The second-order valence-electron chi connectivity index (χ2n) is 5.41. The van der Waals surface area contributed by atoms with Crippen LogP contribution in [0.5, 0.6) is 0 Å². The van der Waals surface area contributed by atoms with Crippen LogP contribution in [0.25, 0.3) is 10.8 Å². The summed E-state index contributed by atoms with van der Waals surface area (Å²) in [4.78, 5) is 16.7. The summed E-state index contributed by atoms with van der Waals surface area (Å²) in [5, 5.41) is 4.96. The summed E-state index contributed by atoms with van der Waals surface area (Å²) < 4.78 is 0. The zero-order valence-electron chi connectivity index (χ0n) is 11.4. The Bertz CT molecular complexity index is 621. The number of nitrogens with one attached hydrogen (secondary N) is 1. The fourth-order valence-corrected chi connectivity index (χ4v) is 2.88. The van der Waals surface area contributed by atoms with Crippen LogP contribution in [0.3, 0.4) is 0 Å². The molecule has 1 amide bonds. The minimum Gasteiger partial charge on any atom is -0.346 e. The molecule has 1 aliphatic carbocycles. The van der Waals surface area contributed by atoms with E-state index in [0.29, 0.717) is 5.69 Å². The van der Waals surface area contributed by atoms with Gasteiger partial charge in [0.1, 0.15) is 5.69 Å². The molecule has 2 aromatic rings. The topological polar surface area (TPSA) is 68.0 Å². The molecule has 4 nitrogen and oxygen atoms in total. The Morgan fingerprint density at radius 2 is 2.00 bits per heavy atom. The molecule has 0 radical (unpaired) electrons. The molecule has 3 rings (SSSR count). The fraction of sp³-hybridized carbons (Fsp3) is 0.375. The first-order chi connectivity index (χ1) is 9.75. The lowest BCUT2D eigenvalue weighted by Gasteiger charge is -2.29. The quantitative estimate of drug-likeness (QED) is 0.878. The molecule has 20 heavy (non-hydrogen) atoms. The van der Waals surface area contributed by atoms with Crippen molar-refractivity contribution < 1.29 is 4.79 Å². The van der Waals surface area contributed by atoms with Gasteiger partial charge in [-0.2, -0.15) is 0 Å². The molecule has 2 unspecified atom stereocenters. The third-order valence-electron chi connectivity index (χ3n) is 4.02. The molecule has 1 fully saturated rings. The van der Waals surface area contributed by atoms with E-state index in [-0.39, 0.29) is 18.0 Å². The highest BCUT2D eigenvalue weighted by Crippen LogP contribution is 2.19. The lowest BCUT2D eigenvalue weighted by molar-refractivity contribution is 0.0918. The zero-order valence-corrected chi connectivity index (χ0v) is 11.4. The first kappa shape index (κ1) is 13.1. The van der Waals surface area contributed by atoms with E-state index in [1.165, 1.54) is 0 Å². The molecular weight excluding hydrogens is 250 g/mol. The van der Waals surface area contributed by atoms with Gasteiger partial charge in [0, 0.05) is 23.7 Å². The number of hydrogen-bond donors (Lipinski definition) is 2. The monoisotopic (exact) mass is 269 g/mol. The normalized spacial score (nSPS) is 22.6. The van der Waals surface area contributed by atoms with Crippen LogP contribution in [-0.4, -0.2) is 23.0 Å². The van der Waals surface area contributed by atoms with Gasteiger partial charge in [-0.15, -0.1) is 0 Å². The highest BCUT2D eigenvalue weighted by Gasteiger charge is 2.24. The van der Waals surface area contributed by atoms with Gasteiger partial charge >= 0.3 is 0 Å². The standard InChI is InChI=1S/C16H19N3O/c17-13-7-3-4-8-14(13)19-16(20)15-12-6-2-1-5-11(12)9-10-18-15/h1-2,5-6,9-10,13-14H,3-4,7-8,17H2,(H,19,20). The van der Waals surface area contributed by atoms with E-state index in [2.05, 4.69) is 10.3 Å². The van der Waals surface area contributed by atoms with Gasteiger partial charge in [0.15, 0.2) is 0 Å². The lowest BCUT2D eigenvalue weighted by atomic mass is 9.91. The number of nitrogens with zero attached hydrogens (tertiary/aromatic N) is 1. The smallest absolute Gasteiger partial charge is 0.270 e. The summed E-state index contributed by atoms with van der Waals surface area (Å²) in [5.41, 5.74) is 6.57. The van der Waals surface area contributed by atoms with Crippen molar-refractivity contribution >= 4 is 16.7 Å². The largest absolute Gasteiger partial charge is 0.346 e. The average Bonchev–Trinajstić information content (AvgIpc) is 2.49. The molecule has 3 N–H and O–H groups in total. The van der Waals surface area contributed by atoms with Gasteiger partial charge in [0.05, 0.1) is 0 Å². The van der Waals surface area contributed by atoms with Gasteiger partial charge in [-0.05, 0) is 24.3 Å². The van der Waals surface area contributed by atoms with Crippen LogP contribution in [0.15, 0.2) is 36.5 Å². The predicted molar refractivity (Wildman–Crippen MR) is 79.4 cm³/mol. The van der Waals surface area contributed by atoms with Crippen molar-refractivity contribution in [2.24, 2.45) is 5.73 Å². The number of rotatable bonds is 2. The van der Waals surface area contributed by atoms with E-state index in [4.69, 9.17) is 5.73 Å². The fourth-order valence-electron chi connectivity index (χ4n) is 2.88. The van der Waals surface area contributed by atoms with Gasteiger partial charge < -0.3 is 11.1 Å². The second kappa shape index (κ2) is 5.59. The van der Waals surface area contributed by atoms with Crippen LogP contribution in [0.1, 0.15) is 36.2 Å². The Morgan fingerprint density at radius 1 is 1.20 bits per heavy atom. The van der Waals surface area contributed by atoms with E-state index < -0.39 is 0 Å². The predicted octanol–water partition coefficient (Wildman–Crippen LogP) is 2.23. The molecule has 1 aromatic heterocycles. The van der Waals surface area contributed by atoms with Crippen molar-refractivity contribution in [3.63, 3.8) is 0 Å². The van der Waals surface area contributed by atoms with Crippen LogP contribution in [-0.2, 0) is 0 Å². The van der Waals surface area contributed by atoms with Crippen LogP contribution < -0.4 is 11.1 Å². The molecule has 1 aromatic carbocycles. The molecule has 4 heteroatoms. The van der Waals surface area contributed by atoms with Crippen LogP contribution in [0, 0.1) is 0 Å². The number of carbonyl (C=O) groups is 1. The van der Waals surface area contributed by atoms with Crippen LogP contribution >= 0.6 is 0 Å². The number of pyridine rings is 1. The summed E-state index contributed by atoms with van der Waals surface area (Å²) in [6.07, 6.45) is 5.89. The van der Waals surface area contributed by atoms with Gasteiger partial charge in [-0.25, -0.2) is 0 Å². The third kappa shape index (κ3) is 2.51. The van der Waals surface area contributed by atoms with E-state index in [0.717, 1.165) is 36.5 Å². The summed E-state index contributed by atoms with van der Waals surface area (Å²) >= 11 is 0. The number of carbonyl (C=O) groups excluding carboxylic acids is 1. The molecule has 0 spiro atoms. The molecule has 0 bridgehead atoms. The molecule has 2 atom stereocenters. The van der Waals surface area contributed by atoms with E-state index >= 15 is 0 Å². The summed E-state index contributed by atoms with van der Waals surface area (Å²) in [6.45, 7) is 0. The van der Waals surface area contributed by atoms with Crippen molar-refractivity contribution in [2.75, 3.05) is 0 Å². The number of hydrogen-bond acceptors (Lipinski definition) is 3. The maximum absolute atomic E-state index is 12.4. The highest BCUT2D eigenvalue weighted by atomic mass is 16.1. The summed E-state index contributed by atoms with van der Waals surface area (Å²) in [7, 11) is 0. The Kier molecular flexibility index (Phi) is 3.65. The summed E-state index contributed by atoms with van der Waals surface area (Å²) in [5.74, 6) is -0.121. The molecule has 1 heterocycles. The molecule has 104 valence electrons. The lowest BCUT2D eigenvalue weighted by Crippen LogP contribution is -2.49. The van der Waals surface area contributed by atoms with Crippen molar-refractivity contribution in [2.45, 2.75) is 37.8 Å². The van der Waals surface area contributed by atoms with Crippen molar-refractivity contribution in [3.05, 3.63) is 42.2 Å². The van der Waals surface area contributed by atoms with Crippen LogP contribution in [0.4, 0.5) is 0 Å². The van der Waals surface area contributed by atoms with Gasteiger partial charge in [-0.3, -0.25) is 9.78 Å². The molecule has 0 aliphatic heterocycles. The van der Waals surface area contributed by atoms with Crippen molar-refractivity contribution in [1.82, 2.24) is 10.3 Å². The van der Waals surface area contributed by atoms with Crippen LogP contribution in [0.2, 0.25) is 0 Å². The molecular formula is C16H19N3O. The third-order valence-corrected chi connectivity index (χ3v) is 4.02. The van der Waals surface area contributed by atoms with E-state index in [1.807, 2.05) is 30.3 Å². The Labute approximate surface area is 118 Å². The number of fused-ring (bicyclic) bond motifs is 1. The number of aromatic nitrogens is 1. The zero-order chi connectivity index (χ0) is 13.9. The van der Waals surface area contributed by atoms with Gasteiger partial charge in [-0.1, -0.05) is 37.1 Å². The van der Waals surface area contributed by atoms with E-state index in [9.17, 15) is 4.79 Å². The van der Waals surface area contributed by atoms with Gasteiger partial charge in [0.2, 0.25) is 0 Å². The molecule has 0 saturated heterocycles. The Balaban J connectivity index is 1.85. The average molecular weight is 269 g/mol. The maximum Gasteiger partial charge on any atom is 0.270 e. The summed E-state index contributed by atoms with van der Waals surface area (Å²) in [6, 6.07) is 9.84. The second-order valence-corrected chi connectivity index (χ2v) is 5.41. The number of nitrogens with two attached hydrogens (primary N) is 1. The van der Waals surface area contributed by atoms with Crippen molar-refractivity contribution in [1.29, 1.82) is 0 Å². The molecule has 1 aliphatic rings. The number of benzene rings is 1. The first-order valence-electron chi connectivity index (χ1n) is 7.16. The van der Waals surface area contributed by atoms with E-state index in [1.54, 1.807) is 6.20 Å². The SMILES string of the molecule is NC1CCCCC1NC(=O)c1nccc2ccccc12. The Hall–Kier alpha value is -1.94. The number of amides is 1. The minimum atomic E-state index is -0.121.